The van der Waals surface area contributed by atoms with Gasteiger partial charge in [0.2, 0.25) is 0 Å². The van der Waals surface area contributed by atoms with E-state index in [1.807, 2.05) is 0 Å². The van der Waals surface area contributed by atoms with Gasteiger partial charge < -0.3 is 14.8 Å². The van der Waals surface area contributed by atoms with E-state index in [1.165, 1.54) is 6.39 Å². The first-order valence-corrected chi connectivity index (χ1v) is 4.45. The maximum absolute atomic E-state index is 9.02. The van der Waals surface area contributed by atoms with E-state index in [9.17, 15) is 0 Å². The summed E-state index contributed by atoms with van der Waals surface area (Å²) >= 11 is 0. The molecule has 0 bridgehead atoms. The molecule has 74 valence electrons. The topological polar surface area (TPSA) is 58.3 Å². The van der Waals surface area contributed by atoms with Gasteiger partial charge in [0.15, 0.2) is 6.39 Å². The second kappa shape index (κ2) is 4.99. The summed E-state index contributed by atoms with van der Waals surface area (Å²) in [6.45, 7) is 4.89. The zero-order valence-corrected chi connectivity index (χ0v) is 8.03. The molecule has 1 heterocycles. The van der Waals surface area contributed by atoms with Gasteiger partial charge in [-0.1, -0.05) is 13.8 Å². The van der Waals surface area contributed by atoms with E-state index in [0.717, 1.165) is 5.76 Å². The predicted molar refractivity (Wildman–Crippen MR) is 49.1 cm³/mol. The molecular weight excluding hydrogens is 168 g/mol. The molecule has 1 aromatic heterocycles. The lowest BCUT2D eigenvalue weighted by Crippen LogP contribution is -2.36. The Morgan fingerprint density at radius 1 is 1.62 bits per heavy atom. The van der Waals surface area contributed by atoms with Crippen molar-refractivity contribution in [3.8, 4) is 0 Å². The molecular formula is C9H16N2O2. The van der Waals surface area contributed by atoms with Crippen LogP contribution in [-0.4, -0.2) is 22.7 Å². The maximum Gasteiger partial charge on any atom is 0.180 e. The largest absolute Gasteiger partial charge is 0.447 e. The number of rotatable bonds is 5. The number of hydrogen-bond donors (Lipinski definition) is 2. The van der Waals surface area contributed by atoms with Crippen LogP contribution in [0, 0.1) is 5.92 Å². The second-order valence-electron chi connectivity index (χ2n) is 3.38. The number of hydrogen-bond acceptors (Lipinski definition) is 4. The molecule has 0 aliphatic rings. The van der Waals surface area contributed by atoms with Crippen molar-refractivity contribution in [2.45, 2.75) is 26.4 Å². The van der Waals surface area contributed by atoms with Gasteiger partial charge in [0.05, 0.1) is 19.3 Å². The van der Waals surface area contributed by atoms with Crippen molar-refractivity contribution >= 4 is 0 Å². The van der Waals surface area contributed by atoms with Crippen molar-refractivity contribution in [2.75, 3.05) is 6.61 Å². The van der Waals surface area contributed by atoms with Crippen LogP contribution >= 0.6 is 0 Å². The fourth-order valence-corrected chi connectivity index (χ4v) is 1.07. The van der Waals surface area contributed by atoms with Crippen molar-refractivity contribution in [1.29, 1.82) is 0 Å². The highest BCUT2D eigenvalue weighted by Gasteiger charge is 2.11. The summed E-state index contributed by atoms with van der Waals surface area (Å²) in [5.41, 5.74) is 0. The monoisotopic (exact) mass is 184 g/mol. The Balaban J connectivity index is 2.32. The summed E-state index contributed by atoms with van der Waals surface area (Å²) in [4.78, 5) is 3.80. The van der Waals surface area contributed by atoms with Crippen molar-refractivity contribution < 1.29 is 9.52 Å². The van der Waals surface area contributed by atoms with Crippen LogP contribution in [0.3, 0.4) is 0 Å². The summed E-state index contributed by atoms with van der Waals surface area (Å²) in [5, 5.41) is 12.2. The number of aliphatic hydroxyl groups excluding tert-OH is 1. The van der Waals surface area contributed by atoms with Crippen LogP contribution in [0.1, 0.15) is 19.6 Å². The highest BCUT2D eigenvalue weighted by atomic mass is 16.3. The van der Waals surface area contributed by atoms with Crippen LogP contribution in [-0.2, 0) is 6.54 Å². The summed E-state index contributed by atoms with van der Waals surface area (Å²) in [6, 6.07) is 0.116. The van der Waals surface area contributed by atoms with Crippen molar-refractivity contribution in [3.63, 3.8) is 0 Å². The Kier molecular flexibility index (Phi) is 3.92. The van der Waals surface area contributed by atoms with Crippen LogP contribution in [0.15, 0.2) is 17.0 Å². The number of nitrogens with one attached hydrogen (secondary N) is 1. The van der Waals surface area contributed by atoms with Gasteiger partial charge in [-0.3, -0.25) is 0 Å². The Morgan fingerprint density at radius 2 is 2.38 bits per heavy atom. The third kappa shape index (κ3) is 3.16. The molecule has 1 unspecified atom stereocenters. The quantitative estimate of drug-likeness (QED) is 0.710. The Morgan fingerprint density at radius 3 is 2.85 bits per heavy atom. The molecule has 0 fully saturated rings. The lowest BCUT2D eigenvalue weighted by molar-refractivity contribution is 0.207. The minimum atomic E-state index is 0.116. The molecule has 4 nitrogen and oxygen atoms in total. The van der Waals surface area contributed by atoms with Gasteiger partial charge in [0.1, 0.15) is 5.76 Å². The minimum Gasteiger partial charge on any atom is -0.447 e. The Labute approximate surface area is 78.0 Å². The van der Waals surface area contributed by atoms with E-state index >= 15 is 0 Å². The molecule has 1 rings (SSSR count). The lowest BCUT2D eigenvalue weighted by Gasteiger charge is -2.18. The minimum absolute atomic E-state index is 0.116. The van der Waals surface area contributed by atoms with Crippen LogP contribution in [0.5, 0.6) is 0 Å². The molecule has 0 spiro atoms. The first kappa shape index (κ1) is 10.2. The average molecular weight is 184 g/mol. The van der Waals surface area contributed by atoms with Crippen LogP contribution in [0.2, 0.25) is 0 Å². The molecule has 0 radical (unpaired) electrons. The molecule has 0 aliphatic heterocycles. The van der Waals surface area contributed by atoms with Crippen LogP contribution in [0.25, 0.3) is 0 Å². The van der Waals surface area contributed by atoms with E-state index in [4.69, 9.17) is 9.52 Å². The molecule has 0 aromatic carbocycles. The van der Waals surface area contributed by atoms with Gasteiger partial charge in [-0.05, 0) is 5.92 Å². The fraction of sp³-hybridized carbons (Fsp3) is 0.667. The van der Waals surface area contributed by atoms with Gasteiger partial charge >= 0.3 is 0 Å². The predicted octanol–water partition coefficient (Wildman–Crippen LogP) is 0.781. The molecule has 1 atom stereocenters. The van der Waals surface area contributed by atoms with Gasteiger partial charge in [-0.2, -0.15) is 0 Å². The number of aliphatic hydroxyl groups is 1. The lowest BCUT2D eigenvalue weighted by atomic mass is 10.1. The molecule has 0 aliphatic carbocycles. The highest BCUT2D eigenvalue weighted by molar-refractivity contribution is 4.88. The normalized spacial score (nSPS) is 13.5. The molecule has 0 saturated heterocycles. The molecule has 0 saturated carbocycles. The number of nitrogens with zero attached hydrogens (tertiary/aromatic N) is 1. The third-order valence-corrected chi connectivity index (χ3v) is 2.02. The standard InChI is InChI=1S/C9H16N2O2/c1-7(2)9(5-12)11-4-8-3-10-6-13-8/h3,6-7,9,11-12H,4-5H2,1-2H3. The van der Waals surface area contributed by atoms with E-state index in [0.29, 0.717) is 12.5 Å². The van der Waals surface area contributed by atoms with Crippen LogP contribution in [0.4, 0.5) is 0 Å². The van der Waals surface area contributed by atoms with Crippen molar-refractivity contribution in [1.82, 2.24) is 10.3 Å². The molecule has 0 amide bonds. The SMILES string of the molecule is CC(C)C(CO)NCc1cnco1. The first-order valence-electron chi connectivity index (χ1n) is 4.45. The van der Waals surface area contributed by atoms with Gasteiger partial charge in [-0.15, -0.1) is 0 Å². The Hall–Kier alpha value is -0.870. The second-order valence-corrected chi connectivity index (χ2v) is 3.38. The number of oxazole rings is 1. The molecule has 1 aromatic rings. The summed E-state index contributed by atoms with van der Waals surface area (Å²) < 4.78 is 5.05. The van der Waals surface area contributed by atoms with E-state index < -0.39 is 0 Å². The number of aromatic nitrogens is 1. The van der Waals surface area contributed by atoms with Crippen molar-refractivity contribution in [2.24, 2.45) is 5.92 Å². The molecule has 13 heavy (non-hydrogen) atoms. The average Bonchev–Trinajstić information content (AvgIpc) is 2.57. The third-order valence-electron chi connectivity index (χ3n) is 2.02. The maximum atomic E-state index is 9.02. The summed E-state index contributed by atoms with van der Waals surface area (Å²) in [5.74, 6) is 1.20. The summed E-state index contributed by atoms with van der Waals surface area (Å²) in [7, 11) is 0. The van der Waals surface area contributed by atoms with Crippen LogP contribution < -0.4 is 5.32 Å². The summed E-state index contributed by atoms with van der Waals surface area (Å²) in [6.07, 6.45) is 3.07. The first-order chi connectivity index (χ1) is 6.24. The highest BCUT2D eigenvalue weighted by Crippen LogP contribution is 2.02. The molecule has 4 heteroatoms. The Bertz CT molecular complexity index is 222. The van der Waals surface area contributed by atoms with E-state index in [1.54, 1.807) is 6.20 Å². The van der Waals surface area contributed by atoms with Crippen molar-refractivity contribution in [3.05, 3.63) is 18.4 Å². The smallest absolute Gasteiger partial charge is 0.180 e. The zero-order valence-electron chi connectivity index (χ0n) is 8.03. The van der Waals surface area contributed by atoms with Gasteiger partial charge in [-0.25, -0.2) is 4.98 Å². The molecule has 2 N–H and O–H groups in total. The van der Waals surface area contributed by atoms with Gasteiger partial charge in [0.25, 0.3) is 0 Å². The van der Waals surface area contributed by atoms with E-state index in [-0.39, 0.29) is 12.6 Å². The fourth-order valence-electron chi connectivity index (χ4n) is 1.07. The van der Waals surface area contributed by atoms with E-state index in [2.05, 4.69) is 24.1 Å². The zero-order chi connectivity index (χ0) is 9.68. The van der Waals surface area contributed by atoms with Gasteiger partial charge in [0, 0.05) is 6.04 Å².